The molecule has 1 aromatic heterocycles. The van der Waals surface area contributed by atoms with Crippen molar-refractivity contribution in [2.24, 2.45) is 5.73 Å². The molecule has 0 bridgehead atoms. The number of aromatic nitrogens is 1. The second-order valence-electron chi connectivity index (χ2n) is 2.76. The summed E-state index contributed by atoms with van der Waals surface area (Å²) in [7, 11) is 0. The van der Waals surface area contributed by atoms with Gasteiger partial charge in [0.2, 0.25) is 0 Å². The number of aryl methyl sites for hydroxylation is 1. The first-order valence-corrected chi connectivity index (χ1v) is 4.77. The summed E-state index contributed by atoms with van der Waals surface area (Å²) in [5.41, 5.74) is 6.89. The van der Waals surface area contributed by atoms with E-state index in [2.05, 4.69) is 17.3 Å². The number of nitrogens with zero attached hydrogens (tertiary/aromatic N) is 1. The first kappa shape index (κ1) is 11.9. The van der Waals surface area contributed by atoms with E-state index in [9.17, 15) is 0 Å². The Bertz CT molecular complexity index is 225. The number of hydrogen-bond acceptors (Lipinski definition) is 3. The molecule has 0 aliphatic carbocycles. The van der Waals surface area contributed by atoms with E-state index < -0.39 is 0 Å². The number of thiazole rings is 1. The molecular formula is C8H15ClN2S. The van der Waals surface area contributed by atoms with Gasteiger partial charge in [-0.25, -0.2) is 4.98 Å². The van der Waals surface area contributed by atoms with Gasteiger partial charge in [-0.3, -0.25) is 0 Å². The second-order valence-corrected chi connectivity index (χ2v) is 3.70. The molecule has 0 aliphatic rings. The van der Waals surface area contributed by atoms with Gasteiger partial charge in [-0.2, -0.15) is 0 Å². The smallest absolute Gasteiger partial charge is 0.0943 e. The highest BCUT2D eigenvalue weighted by molar-refractivity contribution is 7.09. The van der Waals surface area contributed by atoms with Crippen LogP contribution in [-0.4, -0.2) is 11.0 Å². The van der Waals surface area contributed by atoms with Crippen LogP contribution in [0, 0.1) is 6.92 Å². The van der Waals surface area contributed by atoms with Gasteiger partial charge in [0.1, 0.15) is 0 Å². The fraction of sp³-hybridized carbons (Fsp3) is 0.625. The molecule has 0 saturated heterocycles. The summed E-state index contributed by atoms with van der Waals surface area (Å²) in [5.74, 6) is 0. The van der Waals surface area contributed by atoms with E-state index in [1.807, 2.05) is 6.92 Å². The average molecular weight is 207 g/mol. The van der Waals surface area contributed by atoms with Gasteiger partial charge in [-0.1, -0.05) is 6.92 Å². The van der Waals surface area contributed by atoms with Crippen LogP contribution in [0.5, 0.6) is 0 Å². The Hall–Kier alpha value is -0.120. The molecule has 4 heteroatoms. The molecule has 1 unspecified atom stereocenters. The SMILES string of the molecule is CCC(N)Cc1nc(C)cs1.Cl. The monoisotopic (exact) mass is 206 g/mol. The highest BCUT2D eigenvalue weighted by atomic mass is 35.5. The molecule has 1 heterocycles. The van der Waals surface area contributed by atoms with Gasteiger partial charge in [0.15, 0.2) is 0 Å². The Morgan fingerprint density at radius 1 is 1.67 bits per heavy atom. The molecule has 0 spiro atoms. The Morgan fingerprint density at radius 3 is 2.75 bits per heavy atom. The molecule has 0 saturated carbocycles. The molecule has 12 heavy (non-hydrogen) atoms. The lowest BCUT2D eigenvalue weighted by atomic mass is 10.2. The maximum Gasteiger partial charge on any atom is 0.0943 e. The predicted octanol–water partition coefficient (Wildman–Crippen LogP) is 2.15. The van der Waals surface area contributed by atoms with Crippen molar-refractivity contribution in [3.63, 3.8) is 0 Å². The van der Waals surface area contributed by atoms with E-state index in [0.29, 0.717) is 0 Å². The molecule has 1 aromatic rings. The zero-order valence-electron chi connectivity index (χ0n) is 7.41. The second kappa shape index (κ2) is 5.51. The normalized spacial score (nSPS) is 12.2. The number of hydrogen-bond donors (Lipinski definition) is 1. The molecule has 0 radical (unpaired) electrons. The highest BCUT2D eigenvalue weighted by Crippen LogP contribution is 2.10. The summed E-state index contributed by atoms with van der Waals surface area (Å²) >= 11 is 1.70. The standard InChI is InChI=1S/C8H14N2S.ClH/c1-3-7(9)4-8-10-6(2)5-11-8;/h5,7H,3-4,9H2,1-2H3;1H. The van der Waals surface area contributed by atoms with Crippen LogP contribution < -0.4 is 5.73 Å². The van der Waals surface area contributed by atoms with Crippen LogP contribution in [0.15, 0.2) is 5.38 Å². The van der Waals surface area contributed by atoms with Gasteiger partial charge >= 0.3 is 0 Å². The Labute approximate surface area is 83.6 Å². The first-order valence-electron chi connectivity index (χ1n) is 3.89. The zero-order chi connectivity index (χ0) is 8.27. The van der Waals surface area contributed by atoms with E-state index in [1.165, 1.54) is 0 Å². The molecule has 2 nitrogen and oxygen atoms in total. The summed E-state index contributed by atoms with van der Waals surface area (Å²) < 4.78 is 0. The quantitative estimate of drug-likeness (QED) is 0.823. The molecule has 0 fully saturated rings. The van der Waals surface area contributed by atoms with Crippen LogP contribution in [-0.2, 0) is 6.42 Å². The van der Waals surface area contributed by atoms with Gasteiger partial charge in [0, 0.05) is 23.5 Å². The number of nitrogens with two attached hydrogens (primary N) is 1. The third-order valence-corrected chi connectivity index (χ3v) is 2.62. The minimum Gasteiger partial charge on any atom is -0.327 e. The van der Waals surface area contributed by atoms with E-state index in [-0.39, 0.29) is 18.4 Å². The van der Waals surface area contributed by atoms with Crippen LogP contribution in [0.25, 0.3) is 0 Å². The van der Waals surface area contributed by atoms with E-state index in [1.54, 1.807) is 11.3 Å². The van der Waals surface area contributed by atoms with Crippen LogP contribution in [0.3, 0.4) is 0 Å². The molecule has 1 atom stereocenters. The largest absolute Gasteiger partial charge is 0.327 e. The lowest BCUT2D eigenvalue weighted by Gasteiger charge is -2.03. The molecule has 1 rings (SSSR count). The first-order chi connectivity index (χ1) is 5.22. The lowest BCUT2D eigenvalue weighted by Crippen LogP contribution is -2.21. The number of rotatable bonds is 3. The summed E-state index contributed by atoms with van der Waals surface area (Å²) in [4.78, 5) is 4.34. The summed E-state index contributed by atoms with van der Waals surface area (Å²) in [6.45, 7) is 4.11. The summed E-state index contributed by atoms with van der Waals surface area (Å²) in [6, 6.07) is 0.278. The van der Waals surface area contributed by atoms with E-state index >= 15 is 0 Å². The molecule has 70 valence electrons. The van der Waals surface area contributed by atoms with Crippen molar-refractivity contribution in [2.75, 3.05) is 0 Å². The van der Waals surface area contributed by atoms with Crippen molar-refractivity contribution in [3.05, 3.63) is 16.1 Å². The van der Waals surface area contributed by atoms with Crippen molar-refractivity contribution >= 4 is 23.7 Å². The Kier molecular flexibility index (Phi) is 5.46. The van der Waals surface area contributed by atoms with Crippen LogP contribution in [0.2, 0.25) is 0 Å². The maximum absolute atomic E-state index is 5.78. The topological polar surface area (TPSA) is 38.9 Å². The molecular weight excluding hydrogens is 192 g/mol. The Morgan fingerprint density at radius 2 is 2.33 bits per heavy atom. The molecule has 0 aromatic carbocycles. The van der Waals surface area contributed by atoms with E-state index in [4.69, 9.17) is 5.73 Å². The summed E-state index contributed by atoms with van der Waals surface area (Å²) in [6.07, 6.45) is 1.95. The highest BCUT2D eigenvalue weighted by Gasteiger charge is 2.03. The van der Waals surface area contributed by atoms with Gasteiger partial charge in [-0.15, -0.1) is 23.7 Å². The van der Waals surface area contributed by atoms with Crippen molar-refractivity contribution in [2.45, 2.75) is 32.7 Å². The average Bonchev–Trinajstić information content (AvgIpc) is 2.35. The van der Waals surface area contributed by atoms with Crippen molar-refractivity contribution in [1.29, 1.82) is 0 Å². The van der Waals surface area contributed by atoms with E-state index in [0.717, 1.165) is 23.5 Å². The van der Waals surface area contributed by atoms with Gasteiger partial charge in [0.25, 0.3) is 0 Å². The van der Waals surface area contributed by atoms with Gasteiger partial charge < -0.3 is 5.73 Å². The third kappa shape index (κ3) is 3.52. The van der Waals surface area contributed by atoms with Gasteiger partial charge in [-0.05, 0) is 13.3 Å². The zero-order valence-corrected chi connectivity index (χ0v) is 9.04. The number of halogens is 1. The minimum atomic E-state index is 0. The van der Waals surface area contributed by atoms with Crippen LogP contribution in [0.4, 0.5) is 0 Å². The third-order valence-electron chi connectivity index (χ3n) is 1.63. The fourth-order valence-electron chi connectivity index (χ4n) is 0.865. The molecule has 0 amide bonds. The van der Waals surface area contributed by atoms with Crippen molar-refractivity contribution in [1.82, 2.24) is 4.98 Å². The molecule has 2 N–H and O–H groups in total. The summed E-state index contributed by atoms with van der Waals surface area (Å²) in [5, 5.41) is 3.23. The Balaban J connectivity index is 0.00000121. The molecule has 0 aliphatic heterocycles. The predicted molar refractivity (Wildman–Crippen MR) is 56.1 cm³/mol. The maximum atomic E-state index is 5.78. The van der Waals surface area contributed by atoms with Crippen LogP contribution in [0.1, 0.15) is 24.0 Å². The minimum absolute atomic E-state index is 0. The van der Waals surface area contributed by atoms with Gasteiger partial charge in [0.05, 0.1) is 5.01 Å². The van der Waals surface area contributed by atoms with Crippen molar-refractivity contribution in [3.8, 4) is 0 Å². The van der Waals surface area contributed by atoms with Crippen LogP contribution >= 0.6 is 23.7 Å². The van der Waals surface area contributed by atoms with Crippen molar-refractivity contribution < 1.29 is 0 Å². The fourth-order valence-corrected chi connectivity index (χ4v) is 1.73. The lowest BCUT2D eigenvalue weighted by molar-refractivity contribution is 0.643.